The molecule has 17 heavy (non-hydrogen) atoms. The van der Waals surface area contributed by atoms with E-state index in [1.54, 1.807) is 5.38 Å². The van der Waals surface area contributed by atoms with E-state index in [4.69, 9.17) is 5.73 Å². The molecule has 1 amide bonds. The number of nitrogen functional groups attached to an aromatic ring is 1. The van der Waals surface area contributed by atoms with E-state index in [-0.39, 0.29) is 5.91 Å². The Morgan fingerprint density at radius 1 is 1.71 bits per heavy atom. The number of amides is 1. The van der Waals surface area contributed by atoms with Crippen LogP contribution in [0.1, 0.15) is 36.7 Å². The molecule has 3 N–H and O–H groups in total. The molecule has 2 rings (SSSR count). The standard InChI is InChI=1S/C11H17N3OS2/c1-2-16-8-4-3-7(5-8)13-10(15)9-6-17-11(12)14-9/h6-8H,2-5H2,1H3,(H2,12,14)(H,13,15). The van der Waals surface area contributed by atoms with Gasteiger partial charge in [0.05, 0.1) is 0 Å². The molecule has 1 aromatic heterocycles. The van der Waals surface area contributed by atoms with Crippen molar-refractivity contribution in [2.75, 3.05) is 11.5 Å². The minimum atomic E-state index is -0.0925. The first-order valence-electron chi connectivity index (χ1n) is 5.82. The van der Waals surface area contributed by atoms with Crippen LogP contribution in [0.15, 0.2) is 5.38 Å². The van der Waals surface area contributed by atoms with Gasteiger partial charge in [0.25, 0.3) is 5.91 Å². The highest BCUT2D eigenvalue weighted by molar-refractivity contribution is 7.99. The van der Waals surface area contributed by atoms with Crippen LogP contribution in [0.5, 0.6) is 0 Å². The number of thiazole rings is 1. The third kappa shape index (κ3) is 3.35. The molecule has 0 saturated heterocycles. The zero-order valence-corrected chi connectivity index (χ0v) is 11.4. The second-order valence-electron chi connectivity index (χ2n) is 4.13. The first-order valence-corrected chi connectivity index (χ1v) is 7.75. The molecule has 0 bridgehead atoms. The summed E-state index contributed by atoms with van der Waals surface area (Å²) < 4.78 is 0. The maximum atomic E-state index is 11.8. The Morgan fingerprint density at radius 3 is 3.18 bits per heavy atom. The van der Waals surface area contributed by atoms with Gasteiger partial charge in [0.2, 0.25) is 0 Å². The molecule has 0 aliphatic heterocycles. The molecular formula is C11H17N3OS2. The minimum absolute atomic E-state index is 0.0925. The number of nitrogens with zero attached hydrogens (tertiary/aromatic N) is 1. The third-order valence-electron chi connectivity index (χ3n) is 2.88. The van der Waals surface area contributed by atoms with Crippen LogP contribution < -0.4 is 11.1 Å². The van der Waals surface area contributed by atoms with E-state index in [9.17, 15) is 4.79 Å². The number of hydrogen-bond donors (Lipinski definition) is 2. The molecule has 0 spiro atoms. The molecular weight excluding hydrogens is 254 g/mol. The lowest BCUT2D eigenvalue weighted by atomic mass is 10.2. The number of hydrogen-bond acceptors (Lipinski definition) is 5. The molecule has 2 unspecified atom stereocenters. The molecule has 0 radical (unpaired) electrons. The Hall–Kier alpha value is -0.750. The summed E-state index contributed by atoms with van der Waals surface area (Å²) in [5, 5.41) is 5.88. The highest BCUT2D eigenvalue weighted by Gasteiger charge is 2.26. The van der Waals surface area contributed by atoms with E-state index in [0.717, 1.165) is 18.6 Å². The van der Waals surface area contributed by atoms with Gasteiger partial charge in [0.15, 0.2) is 5.13 Å². The topological polar surface area (TPSA) is 68.0 Å². The van der Waals surface area contributed by atoms with E-state index in [1.807, 2.05) is 11.8 Å². The van der Waals surface area contributed by atoms with Crippen LogP contribution in [0.4, 0.5) is 5.13 Å². The van der Waals surface area contributed by atoms with Crippen molar-refractivity contribution < 1.29 is 4.79 Å². The van der Waals surface area contributed by atoms with Crippen molar-refractivity contribution >= 4 is 34.1 Å². The van der Waals surface area contributed by atoms with Gasteiger partial charge in [-0.25, -0.2) is 4.98 Å². The Balaban J connectivity index is 1.84. The fourth-order valence-electron chi connectivity index (χ4n) is 2.11. The average Bonchev–Trinajstić information content (AvgIpc) is 2.88. The fraction of sp³-hybridized carbons (Fsp3) is 0.636. The van der Waals surface area contributed by atoms with Gasteiger partial charge in [-0.2, -0.15) is 11.8 Å². The van der Waals surface area contributed by atoms with Gasteiger partial charge in [-0.15, -0.1) is 11.3 Å². The maximum Gasteiger partial charge on any atom is 0.271 e. The Morgan fingerprint density at radius 2 is 2.53 bits per heavy atom. The molecule has 1 aromatic rings. The van der Waals surface area contributed by atoms with Crippen LogP contribution in [0.2, 0.25) is 0 Å². The monoisotopic (exact) mass is 271 g/mol. The molecule has 1 saturated carbocycles. The molecule has 1 fully saturated rings. The lowest BCUT2D eigenvalue weighted by Crippen LogP contribution is -2.33. The van der Waals surface area contributed by atoms with E-state index in [0.29, 0.717) is 22.1 Å². The Kier molecular flexibility index (Phi) is 4.28. The zero-order chi connectivity index (χ0) is 12.3. The fourth-order valence-corrected chi connectivity index (χ4v) is 3.80. The van der Waals surface area contributed by atoms with Crippen LogP contribution >= 0.6 is 23.1 Å². The molecule has 0 aromatic carbocycles. The second kappa shape index (κ2) is 5.73. The Bertz CT molecular complexity index is 394. The number of aromatic nitrogens is 1. The van der Waals surface area contributed by atoms with Crippen molar-refractivity contribution in [2.45, 2.75) is 37.5 Å². The van der Waals surface area contributed by atoms with Gasteiger partial charge in [-0.1, -0.05) is 6.92 Å². The lowest BCUT2D eigenvalue weighted by molar-refractivity contribution is 0.0933. The maximum absolute atomic E-state index is 11.8. The average molecular weight is 271 g/mol. The summed E-state index contributed by atoms with van der Waals surface area (Å²) in [5.74, 6) is 1.05. The second-order valence-corrected chi connectivity index (χ2v) is 6.60. The molecule has 94 valence electrons. The highest BCUT2D eigenvalue weighted by atomic mass is 32.2. The van der Waals surface area contributed by atoms with E-state index >= 15 is 0 Å². The van der Waals surface area contributed by atoms with Gasteiger partial charge in [0.1, 0.15) is 5.69 Å². The van der Waals surface area contributed by atoms with Crippen molar-refractivity contribution in [1.82, 2.24) is 10.3 Å². The molecule has 6 heteroatoms. The smallest absolute Gasteiger partial charge is 0.271 e. The highest BCUT2D eigenvalue weighted by Crippen LogP contribution is 2.29. The van der Waals surface area contributed by atoms with Crippen molar-refractivity contribution in [3.05, 3.63) is 11.1 Å². The quantitative estimate of drug-likeness (QED) is 0.880. The first kappa shape index (κ1) is 12.7. The minimum Gasteiger partial charge on any atom is -0.375 e. The molecule has 1 aliphatic rings. The van der Waals surface area contributed by atoms with Gasteiger partial charge in [-0.05, 0) is 25.0 Å². The Labute approximate surface area is 109 Å². The van der Waals surface area contributed by atoms with Crippen molar-refractivity contribution in [3.63, 3.8) is 0 Å². The summed E-state index contributed by atoms with van der Waals surface area (Å²) in [5.41, 5.74) is 5.95. The molecule has 2 atom stereocenters. The van der Waals surface area contributed by atoms with Crippen LogP contribution in [0, 0.1) is 0 Å². The van der Waals surface area contributed by atoms with E-state index in [1.165, 1.54) is 17.8 Å². The van der Waals surface area contributed by atoms with Crippen LogP contribution in [-0.2, 0) is 0 Å². The summed E-state index contributed by atoms with van der Waals surface area (Å²) in [6.45, 7) is 2.18. The van der Waals surface area contributed by atoms with Crippen molar-refractivity contribution in [2.24, 2.45) is 0 Å². The predicted molar refractivity (Wildman–Crippen MR) is 73.6 cm³/mol. The predicted octanol–water partition coefficient (Wildman–Crippen LogP) is 2.13. The summed E-state index contributed by atoms with van der Waals surface area (Å²) in [4.78, 5) is 15.8. The summed E-state index contributed by atoms with van der Waals surface area (Å²) >= 11 is 3.29. The lowest BCUT2D eigenvalue weighted by Gasteiger charge is -2.11. The van der Waals surface area contributed by atoms with Crippen LogP contribution in [0.25, 0.3) is 0 Å². The molecule has 4 nitrogen and oxygen atoms in total. The largest absolute Gasteiger partial charge is 0.375 e. The SMILES string of the molecule is CCSC1CCC(NC(=O)c2csc(N)n2)C1. The van der Waals surface area contributed by atoms with Crippen molar-refractivity contribution in [3.8, 4) is 0 Å². The van der Waals surface area contributed by atoms with E-state index in [2.05, 4.69) is 17.2 Å². The number of carbonyl (C=O) groups is 1. The number of nitrogens with two attached hydrogens (primary N) is 1. The molecule has 1 aliphatic carbocycles. The number of nitrogens with one attached hydrogen (secondary N) is 1. The van der Waals surface area contributed by atoms with Gasteiger partial charge in [0, 0.05) is 16.7 Å². The van der Waals surface area contributed by atoms with Gasteiger partial charge >= 0.3 is 0 Å². The number of anilines is 1. The first-order chi connectivity index (χ1) is 8.19. The number of thioether (sulfide) groups is 1. The van der Waals surface area contributed by atoms with E-state index < -0.39 is 0 Å². The zero-order valence-electron chi connectivity index (χ0n) is 9.81. The number of carbonyl (C=O) groups excluding carboxylic acids is 1. The van der Waals surface area contributed by atoms with Crippen molar-refractivity contribution in [1.29, 1.82) is 0 Å². The third-order valence-corrected chi connectivity index (χ3v) is 4.78. The van der Waals surface area contributed by atoms with Crippen LogP contribution in [0.3, 0.4) is 0 Å². The summed E-state index contributed by atoms with van der Waals surface area (Å²) in [6.07, 6.45) is 3.34. The van der Waals surface area contributed by atoms with Gasteiger partial charge < -0.3 is 11.1 Å². The normalized spacial score (nSPS) is 23.8. The summed E-state index contributed by atoms with van der Waals surface area (Å²) in [7, 11) is 0. The number of rotatable bonds is 4. The van der Waals surface area contributed by atoms with Gasteiger partial charge in [-0.3, -0.25) is 4.79 Å². The molecule has 1 heterocycles. The van der Waals surface area contributed by atoms with Crippen LogP contribution in [-0.4, -0.2) is 27.9 Å². The summed E-state index contributed by atoms with van der Waals surface area (Å²) in [6, 6.07) is 0.300.